The molecule has 6 unspecified atom stereocenters. The molecule has 2 saturated carbocycles. The zero-order valence-electron chi connectivity index (χ0n) is 17.3. The minimum absolute atomic E-state index is 0.155. The summed E-state index contributed by atoms with van der Waals surface area (Å²) in [6, 6.07) is 16.8. The number of carbonyl (C=O) groups excluding carboxylic acids is 2. The van der Waals surface area contributed by atoms with Gasteiger partial charge < -0.3 is 4.74 Å². The quantitative estimate of drug-likeness (QED) is 0.419. The summed E-state index contributed by atoms with van der Waals surface area (Å²) in [5.74, 6) is 1.46. The first kappa shape index (κ1) is 19.0. The molecule has 0 radical (unpaired) electrons. The van der Waals surface area contributed by atoms with Gasteiger partial charge in [0.25, 0.3) is 11.8 Å². The van der Waals surface area contributed by atoms with Crippen LogP contribution in [0.2, 0.25) is 0 Å². The number of imide groups is 1. The van der Waals surface area contributed by atoms with Gasteiger partial charge in [0, 0.05) is 5.56 Å². The number of allylic oxidation sites excluding steroid dienone is 2. The maximum atomic E-state index is 13.0. The van der Waals surface area contributed by atoms with E-state index in [9.17, 15) is 14.9 Å². The van der Waals surface area contributed by atoms with Gasteiger partial charge in [-0.2, -0.15) is 15.4 Å². The fraction of sp³-hybridized carbons (Fsp3) is 0.308. The van der Waals surface area contributed by atoms with Gasteiger partial charge in [0.1, 0.15) is 12.4 Å². The summed E-state index contributed by atoms with van der Waals surface area (Å²) in [4.78, 5) is 25.9. The third-order valence-electron chi connectivity index (χ3n) is 7.37. The summed E-state index contributed by atoms with van der Waals surface area (Å²) >= 11 is 0. The molecule has 158 valence electrons. The highest BCUT2D eigenvalue weighted by molar-refractivity contribution is 6.06. The van der Waals surface area contributed by atoms with Gasteiger partial charge in [-0.25, -0.2) is 0 Å². The topological polar surface area (TPSA) is 82.8 Å². The molecular formula is C26H21N3O3. The van der Waals surface area contributed by atoms with Crippen LogP contribution in [-0.4, -0.2) is 23.0 Å². The molecule has 0 N–H and O–H groups in total. The number of ether oxygens (including phenoxy) is 1. The van der Waals surface area contributed by atoms with E-state index in [-0.39, 0.29) is 35.5 Å². The van der Waals surface area contributed by atoms with Gasteiger partial charge in [-0.05, 0) is 66.0 Å². The second-order valence-electron chi connectivity index (χ2n) is 9.01. The van der Waals surface area contributed by atoms with Crippen molar-refractivity contribution in [2.45, 2.75) is 13.0 Å². The van der Waals surface area contributed by atoms with Crippen molar-refractivity contribution in [3.05, 3.63) is 77.4 Å². The van der Waals surface area contributed by atoms with E-state index in [1.807, 2.05) is 30.3 Å². The molecule has 6 nitrogen and oxygen atoms in total. The van der Waals surface area contributed by atoms with E-state index in [0.29, 0.717) is 29.8 Å². The molecule has 32 heavy (non-hydrogen) atoms. The molecule has 0 aromatic heterocycles. The molecule has 0 spiro atoms. The lowest BCUT2D eigenvalue weighted by Gasteiger charge is -2.37. The van der Waals surface area contributed by atoms with Crippen LogP contribution in [0.1, 0.15) is 23.1 Å². The van der Waals surface area contributed by atoms with Crippen molar-refractivity contribution in [1.82, 2.24) is 5.01 Å². The van der Waals surface area contributed by atoms with Crippen molar-refractivity contribution in [3.63, 3.8) is 0 Å². The molecule has 2 bridgehead atoms. The standard InChI is InChI=1S/C26H21N3O3/c27-12-16-3-1-2-4-17(16)14-32-18-7-5-15(6-8-18)13-28-29-25(30)23-19-9-10-20(22-11-21(19)22)24(23)26(29)31/h1-10,13,19-24H,11,14H2. The van der Waals surface area contributed by atoms with Crippen molar-refractivity contribution in [2.24, 2.45) is 40.6 Å². The summed E-state index contributed by atoms with van der Waals surface area (Å²) in [7, 11) is 0. The Morgan fingerprint density at radius 1 is 1.00 bits per heavy atom. The predicted octanol–water partition coefficient (Wildman–Crippen LogP) is 3.52. The van der Waals surface area contributed by atoms with Crippen molar-refractivity contribution < 1.29 is 14.3 Å². The highest BCUT2D eigenvalue weighted by Crippen LogP contribution is 2.65. The van der Waals surface area contributed by atoms with Crippen LogP contribution < -0.4 is 4.74 Å². The number of amides is 2. The Morgan fingerprint density at radius 2 is 1.66 bits per heavy atom. The van der Waals surface area contributed by atoms with Crippen LogP contribution in [0, 0.1) is 46.8 Å². The summed E-state index contributed by atoms with van der Waals surface area (Å²) in [6.45, 7) is 0.301. The smallest absolute Gasteiger partial charge is 0.254 e. The molecule has 7 rings (SSSR count). The van der Waals surface area contributed by atoms with Gasteiger partial charge in [-0.3, -0.25) is 9.59 Å². The van der Waals surface area contributed by atoms with Gasteiger partial charge in [0.15, 0.2) is 0 Å². The molecule has 6 heteroatoms. The van der Waals surface area contributed by atoms with Crippen LogP contribution in [0.25, 0.3) is 0 Å². The van der Waals surface area contributed by atoms with E-state index < -0.39 is 0 Å². The number of hydrazone groups is 1. The van der Waals surface area contributed by atoms with E-state index in [0.717, 1.165) is 22.6 Å². The van der Waals surface area contributed by atoms with Gasteiger partial charge in [0.2, 0.25) is 0 Å². The normalized spacial score (nSPS) is 31.5. The van der Waals surface area contributed by atoms with Crippen LogP contribution in [0.5, 0.6) is 5.75 Å². The Hall–Kier alpha value is -3.72. The number of nitrogens with zero attached hydrogens (tertiary/aromatic N) is 3. The summed E-state index contributed by atoms with van der Waals surface area (Å²) in [5.41, 5.74) is 2.20. The van der Waals surface area contributed by atoms with Crippen molar-refractivity contribution in [1.29, 1.82) is 5.26 Å². The Labute approximate surface area is 185 Å². The van der Waals surface area contributed by atoms with Crippen LogP contribution in [0.3, 0.4) is 0 Å². The number of benzene rings is 2. The second kappa shape index (κ2) is 7.16. The van der Waals surface area contributed by atoms with Crippen LogP contribution in [0.15, 0.2) is 65.8 Å². The van der Waals surface area contributed by atoms with Gasteiger partial charge in [0.05, 0.1) is 29.7 Å². The third kappa shape index (κ3) is 2.89. The Morgan fingerprint density at radius 3 is 2.31 bits per heavy atom. The van der Waals surface area contributed by atoms with E-state index in [4.69, 9.17) is 4.74 Å². The van der Waals surface area contributed by atoms with E-state index in [1.165, 1.54) is 0 Å². The van der Waals surface area contributed by atoms with E-state index in [2.05, 4.69) is 23.3 Å². The first-order valence-corrected chi connectivity index (χ1v) is 11.0. The van der Waals surface area contributed by atoms with Gasteiger partial charge >= 0.3 is 0 Å². The molecule has 1 aliphatic heterocycles. The van der Waals surface area contributed by atoms with Gasteiger partial charge in [-0.1, -0.05) is 30.4 Å². The Balaban J connectivity index is 1.13. The number of rotatable bonds is 5. The monoisotopic (exact) mass is 423 g/mol. The molecule has 2 amide bonds. The van der Waals surface area contributed by atoms with Crippen LogP contribution >= 0.6 is 0 Å². The molecular weight excluding hydrogens is 402 g/mol. The second-order valence-corrected chi connectivity index (χ2v) is 9.01. The first-order valence-electron chi connectivity index (χ1n) is 11.0. The van der Waals surface area contributed by atoms with Crippen molar-refractivity contribution in [2.75, 3.05) is 0 Å². The molecule has 6 atom stereocenters. The minimum Gasteiger partial charge on any atom is -0.489 e. The molecule has 2 aromatic carbocycles. The van der Waals surface area contributed by atoms with Crippen molar-refractivity contribution in [3.8, 4) is 11.8 Å². The Bertz CT molecular complexity index is 1170. The zero-order chi connectivity index (χ0) is 21.8. The Kier molecular flexibility index (Phi) is 4.25. The highest BCUT2D eigenvalue weighted by Gasteiger charge is 2.67. The maximum Gasteiger partial charge on any atom is 0.254 e. The fourth-order valence-corrected chi connectivity index (χ4v) is 5.75. The summed E-state index contributed by atoms with van der Waals surface area (Å²) in [5, 5.41) is 14.5. The van der Waals surface area contributed by atoms with Crippen LogP contribution in [-0.2, 0) is 16.2 Å². The number of hydrogen-bond donors (Lipinski definition) is 0. The molecule has 5 aliphatic rings. The number of hydrogen-bond acceptors (Lipinski definition) is 5. The fourth-order valence-electron chi connectivity index (χ4n) is 5.75. The van der Waals surface area contributed by atoms with E-state index >= 15 is 0 Å². The zero-order valence-corrected chi connectivity index (χ0v) is 17.3. The third-order valence-corrected chi connectivity index (χ3v) is 7.37. The summed E-state index contributed by atoms with van der Waals surface area (Å²) in [6.07, 6.45) is 7.02. The average Bonchev–Trinajstić information content (AvgIpc) is 3.61. The number of carbonyl (C=O) groups is 2. The van der Waals surface area contributed by atoms with Gasteiger partial charge in [-0.15, -0.1) is 0 Å². The molecule has 3 fully saturated rings. The van der Waals surface area contributed by atoms with Crippen LogP contribution in [0.4, 0.5) is 0 Å². The lowest BCUT2D eigenvalue weighted by Crippen LogP contribution is -2.40. The van der Waals surface area contributed by atoms with E-state index in [1.54, 1.807) is 24.4 Å². The number of nitriles is 1. The average molecular weight is 423 g/mol. The first-order chi connectivity index (χ1) is 15.7. The molecule has 1 saturated heterocycles. The lowest BCUT2D eigenvalue weighted by molar-refractivity contribution is -0.140. The highest BCUT2D eigenvalue weighted by atomic mass is 16.5. The molecule has 1 heterocycles. The summed E-state index contributed by atoms with van der Waals surface area (Å²) < 4.78 is 5.79. The largest absolute Gasteiger partial charge is 0.489 e. The van der Waals surface area contributed by atoms with Crippen molar-refractivity contribution >= 4 is 18.0 Å². The maximum absolute atomic E-state index is 13.0. The molecule has 4 aliphatic carbocycles. The predicted molar refractivity (Wildman–Crippen MR) is 116 cm³/mol. The lowest BCUT2D eigenvalue weighted by atomic mass is 9.63. The SMILES string of the molecule is N#Cc1ccccc1COc1ccc(C=NN2C(=O)C3C4C=CC(C5CC45)C3C2=O)cc1. The minimum atomic E-state index is -0.231. The molecule has 2 aromatic rings.